The first-order chi connectivity index (χ1) is 14.9. The number of anilines is 1. The van der Waals surface area contributed by atoms with E-state index in [1.165, 1.54) is 42.4 Å². The summed E-state index contributed by atoms with van der Waals surface area (Å²) in [5.74, 6) is -0.603. The highest BCUT2D eigenvalue weighted by molar-refractivity contribution is 5.91. The first-order valence-electron chi connectivity index (χ1n) is 9.01. The Hall–Kier alpha value is -4.41. The van der Waals surface area contributed by atoms with Crippen molar-refractivity contribution >= 4 is 23.3 Å². The normalized spacial score (nSPS) is 10.4. The SMILES string of the molecule is COc1ccccc1Oc1cc(NC(=O)CCn2cc(C(=O)O)cn2)cc([N+](=O)[O-])c1. The van der Waals surface area contributed by atoms with E-state index in [1.807, 2.05) is 0 Å². The molecule has 1 aromatic heterocycles. The van der Waals surface area contributed by atoms with E-state index in [0.717, 1.165) is 0 Å². The zero-order chi connectivity index (χ0) is 22.4. The fourth-order valence-electron chi connectivity index (χ4n) is 2.69. The number of non-ortho nitro benzene ring substituents is 1. The summed E-state index contributed by atoms with van der Waals surface area (Å²) in [5.41, 5.74) is -0.0751. The third-order valence-corrected chi connectivity index (χ3v) is 4.13. The molecule has 0 atom stereocenters. The van der Waals surface area contributed by atoms with E-state index in [2.05, 4.69) is 10.4 Å². The highest BCUT2D eigenvalue weighted by Crippen LogP contribution is 2.34. The van der Waals surface area contributed by atoms with Crippen LogP contribution in [0.25, 0.3) is 0 Å². The number of hydrogen-bond acceptors (Lipinski definition) is 7. The van der Waals surface area contributed by atoms with Crippen molar-refractivity contribution in [3.63, 3.8) is 0 Å². The number of carbonyl (C=O) groups is 2. The van der Waals surface area contributed by atoms with Gasteiger partial charge in [-0.2, -0.15) is 5.10 Å². The number of nitro groups is 1. The molecular formula is C20H18N4O7. The van der Waals surface area contributed by atoms with Crippen LogP contribution < -0.4 is 14.8 Å². The van der Waals surface area contributed by atoms with Crippen molar-refractivity contribution in [2.45, 2.75) is 13.0 Å². The summed E-state index contributed by atoms with van der Waals surface area (Å²) >= 11 is 0. The Morgan fingerprint density at radius 1 is 1.23 bits per heavy atom. The molecule has 0 radical (unpaired) electrons. The number of methoxy groups -OCH3 is 1. The van der Waals surface area contributed by atoms with Gasteiger partial charge in [0.05, 0.1) is 35.5 Å². The molecule has 0 unspecified atom stereocenters. The number of carboxylic acids is 1. The Kier molecular flexibility index (Phi) is 6.45. The molecule has 1 heterocycles. The van der Waals surface area contributed by atoms with Crippen LogP contribution in [0.1, 0.15) is 16.8 Å². The van der Waals surface area contributed by atoms with Gasteiger partial charge in [-0.25, -0.2) is 4.79 Å². The molecule has 2 aromatic carbocycles. The van der Waals surface area contributed by atoms with E-state index in [9.17, 15) is 19.7 Å². The van der Waals surface area contributed by atoms with Crippen molar-refractivity contribution in [2.75, 3.05) is 12.4 Å². The number of benzene rings is 2. The number of para-hydroxylation sites is 2. The quantitative estimate of drug-likeness (QED) is 0.391. The Labute approximate surface area is 176 Å². The van der Waals surface area contributed by atoms with E-state index < -0.39 is 16.8 Å². The Morgan fingerprint density at radius 2 is 1.97 bits per heavy atom. The highest BCUT2D eigenvalue weighted by Gasteiger charge is 2.15. The zero-order valence-electron chi connectivity index (χ0n) is 16.3. The molecule has 160 valence electrons. The number of ether oxygens (including phenoxy) is 2. The Balaban J connectivity index is 1.73. The second-order valence-corrected chi connectivity index (χ2v) is 6.32. The lowest BCUT2D eigenvalue weighted by molar-refractivity contribution is -0.384. The van der Waals surface area contributed by atoms with Crippen LogP contribution in [0, 0.1) is 10.1 Å². The van der Waals surface area contributed by atoms with Crippen molar-refractivity contribution < 1.29 is 29.1 Å². The number of nitrogens with zero attached hydrogens (tertiary/aromatic N) is 3. The number of rotatable bonds is 9. The van der Waals surface area contributed by atoms with E-state index in [0.29, 0.717) is 11.5 Å². The summed E-state index contributed by atoms with van der Waals surface area (Å²) in [6, 6.07) is 10.7. The summed E-state index contributed by atoms with van der Waals surface area (Å²) < 4.78 is 12.3. The molecule has 0 fully saturated rings. The largest absolute Gasteiger partial charge is 0.493 e. The van der Waals surface area contributed by atoms with E-state index in [4.69, 9.17) is 14.6 Å². The van der Waals surface area contributed by atoms with Crippen molar-refractivity contribution in [2.24, 2.45) is 0 Å². The average Bonchev–Trinajstić information content (AvgIpc) is 3.22. The highest BCUT2D eigenvalue weighted by atomic mass is 16.6. The molecule has 0 saturated heterocycles. The third kappa shape index (κ3) is 5.56. The first kappa shape index (κ1) is 21.3. The molecule has 0 bridgehead atoms. The van der Waals surface area contributed by atoms with Crippen LogP contribution >= 0.6 is 0 Å². The van der Waals surface area contributed by atoms with Crippen molar-refractivity contribution in [3.05, 3.63) is 70.5 Å². The monoisotopic (exact) mass is 426 g/mol. The van der Waals surface area contributed by atoms with Gasteiger partial charge in [0, 0.05) is 31.3 Å². The first-order valence-corrected chi connectivity index (χ1v) is 9.01. The number of hydrogen-bond donors (Lipinski definition) is 2. The number of aromatic nitrogens is 2. The predicted molar refractivity (Wildman–Crippen MR) is 109 cm³/mol. The smallest absolute Gasteiger partial charge is 0.338 e. The van der Waals surface area contributed by atoms with Gasteiger partial charge in [-0.15, -0.1) is 0 Å². The second-order valence-electron chi connectivity index (χ2n) is 6.32. The fraction of sp³-hybridized carbons (Fsp3) is 0.150. The van der Waals surface area contributed by atoms with E-state index >= 15 is 0 Å². The van der Waals surface area contributed by atoms with Crippen LogP contribution in [-0.2, 0) is 11.3 Å². The molecule has 11 heteroatoms. The number of nitrogens with one attached hydrogen (secondary N) is 1. The molecular weight excluding hydrogens is 408 g/mol. The van der Waals surface area contributed by atoms with Crippen LogP contribution in [0.4, 0.5) is 11.4 Å². The predicted octanol–water partition coefficient (Wildman–Crippen LogP) is 3.32. The lowest BCUT2D eigenvalue weighted by Crippen LogP contribution is -2.15. The molecule has 1 amide bonds. The fourth-order valence-corrected chi connectivity index (χ4v) is 2.69. The number of amides is 1. The minimum Gasteiger partial charge on any atom is -0.493 e. The summed E-state index contributed by atoms with van der Waals surface area (Å²) in [5, 5.41) is 26.6. The Bertz CT molecular complexity index is 1130. The number of nitro benzene ring substituents is 1. The van der Waals surface area contributed by atoms with Gasteiger partial charge >= 0.3 is 5.97 Å². The van der Waals surface area contributed by atoms with E-state index in [-0.39, 0.29) is 35.7 Å². The molecule has 0 aliphatic rings. The van der Waals surface area contributed by atoms with Crippen LogP contribution in [0.5, 0.6) is 17.2 Å². The maximum absolute atomic E-state index is 12.3. The number of carboxylic acid groups (broad SMARTS) is 1. The van der Waals surface area contributed by atoms with Gasteiger partial charge in [-0.05, 0) is 12.1 Å². The maximum atomic E-state index is 12.3. The molecule has 11 nitrogen and oxygen atoms in total. The number of aromatic carboxylic acids is 1. The second kappa shape index (κ2) is 9.39. The molecule has 0 aliphatic heterocycles. The third-order valence-electron chi connectivity index (χ3n) is 4.13. The zero-order valence-corrected chi connectivity index (χ0v) is 16.3. The molecule has 31 heavy (non-hydrogen) atoms. The van der Waals surface area contributed by atoms with Crippen molar-refractivity contribution in [1.82, 2.24) is 9.78 Å². The standard InChI is InChI=1S/C20H18N4O7/c1-30-17-4-2-3-5-18(17)31-16-9-14(8-15(10-16)24(28)29)22-19(25)6-7-23-12-13(11-21-23)20(26)27/h2-5,8-12H,6-7H2,1H3,(H,22,25)(H,26,27). The van der Waals surface area contributed by atoms with Crippen LogP contribution in [0.2, 0.25) is 0 Å². The van der Waals surface area contributed by atoms with Gasteiger partial charge in [0.2, 0.25) is 5.91 Å². The lowest BCUT2D eigenvalue weighted by atomic mass is 10.2. The summed E-state index contributed by atoms with van der Waals surface area (Å²) in [4.78, 5) is 33.8. The topological polar surface area (TPSA) is 146 Å². The molecule has 2 N–H and O–H groups in total. The molecule has 0 saturated carbocycles. The summed E-state index contributed by atoms with van der Waals surface area (Å²) in [6.07, 6.45) is 2.47. The summed E-state index contributed by atoms with van der Waals surface area (Å²) in [6.45, 7) is 0.138. The molecule has 3 aromatic rings. The number of carbonyl (C=O) groups excluding carboxylic acids is 1. The molecule has 3 rings (SSSR count). The summed E-state index contributed by atoms with van der Waals surface area (Å²) in [7, 11) is 1.47. The van der Waals surface area contributed by atoms with Gasteiger partial charge in [-0.3, -0.25) is 19.6 Å². The molecule has 0 aliphatic carbocycles. The van der Waals surface area contributed by atoms with Crippen LogP contribution in [0.3, 0.4) is 0 Å². The van der Waals surface area contributed by atoms with Crippen molar-refractivity contribution in [3.8, 4) is 17.2 Å². The lowest BCUT2D eigenvalue weighted by Gasteiger charge is -2.12. The minimum absolute atomic E-state index is 0.0113. The van der Waals surface area contributed by atoms with Gasteiger partial charge in [0.25, 0.3) is 5.69 Å². The van der Waals surface area contributed by atoms with Crippen LogP contribution in [0.15, 0.2) is 54.9 Å². The van der Waals surface area contributed by atoms with Crippen LogP contribution in [-0.4, -0.2) is 38.8 Å². The van der Waals surface area contributed by atoms with Gasteiger partial charge in [0.15, 0.2) is 11.5 Å². The van der Waals surface area contributed by atoms with E-state index in [1.54, 1.807) is 24.3 Å². The minimum atomic E-state index is -1.12. The Morgan fingerprint density at radius 3 is 2.61 bits per heavy atom. The van der Waals surface area contributed by atoms with Crippen molar-refractivity contribution in [1.29, 1.82) is 0 Å². The van der Waals surface area contributed by atoms with Gasteiger partial charge in [-0.1, -0.05) is 12.1 Å². The van der Waals surface area contributed by atoms with Gasteiger partial charge < -0.3 is 19.9 Å². The number of aryl methyl sites for hydroxylation is 1. The average molecular weight is 426 g/mol. The van der Waals surface area contributed by atoms with Gasteiger partial charge in [0.1, 0.15) is 5.75 Å². The maximum Gasteiger partial charge on any atom is 0.338 e. The molecule has 0 spiro atoms.